The van der Waals surface area contributed by atoms with Gasteiger partial charge in [-0.25, -0.2) is 4.98 Å². The van der Waals surface area contributed by atoms with Crippen LogP contribution in [-0.4, -0.2) is 38.2 Å². The average molecular weight is 293 g/mol. The summed E-state index contributed by atoms with van der Waals surface area (Å²) in [6.07, 6.45) is 5.73. The van der Waals surface area contributed by atoms with Crippen molar-refractivity contribution in [2.75, 3.05) is 13.1 Å². The van der Waals surface area contributed by atoms with Gasteiger partial charge in [-0.15, -0.1) is 0 Å². The summed E-state index contributed by atoms with van der Waals surface area (Å²) < 4.78 is 0. The monoisotopic (exact) mass is 293 g/mol. The van der Waals surface area contributed by atoms with E-state index in [0.717, 1.165) is 44.0 Å². The number of benzene rings is 1. The van der Waals surface area contributed by atoms with Gasteiger partial charge in [0.2, 0.25) is 0 Å². The predicted molar refractivity (Wildman–Crippen MR) is 85.3 cm³/mol. The molecule has 0 fully saturated rings. The highest BCUT2D eigenvalue weighted by Crippen LogP contribution is 2.26. The predicted octanol–water partition coefficient (Wildman–Crippen LogP) is 2.40. The maximum absolute atomic E-state index is 4.55. The molecule has 0 saturated heterocycles. The Morgan fingerprint density at radius 3 is 2.77 bits per heavy atom. The molecule has 4 rings (SSSR count). The summed E-state index contributed by atoms with van der Waals surface area (Å²) in [5.41, 5.74) is 4.95. The minimum absolute atomic E-state index is 0.880. The van der Waals surface area contributed by atoms with Crippen molar-refractivity contribution in [1.82, 2.24) is 25.1 Å². The molecule has 0 saturated carbocycles. The highest BCUT2D eigenvalue weighted by atomic mass is 15.2. The van der Waals surface area contributed by atoms with Crippen LogP contribution in [0.4, 0.5) is 0 Å². The van der Waals surface area contributed by atoms with E-state index in [4.69, 9.17) is 0 Å². The van der Waals surface area contributed by atoms with E-state index < -0.39 is 0 Å². The summed E-state index contributed by atoms with van der Waals surface area (Å²) in [6.45, 7) is 2.95. The van der Waals surface area contributed by atoms with Gasteiger partial charge < -0.3 is 4.98 Å². The molecule has 1 aromatic carbocycles. The van der Waals surface area contributed by atoms with E-state index >= 15 is 0 Å². The van der Waals surface area contributed by atoms with Crippen LogP contribution in [0.25, 0.3) is 11.3 Å². The van der Waals surface area contributed by atoms with E-state index in [0.29, 0.717) is 0 Å². The van der Waals surface area contributed by atoms with Crippen molar-refractivity contribution in [3.05, 3.63) is 59.8 Å². The van der Waals surface area contributed by atoms with Crippen molar-refractivity contribution < 1.29 is 0 Å². The van der Waals surface area contributed by atoms with Gasteiger partial charge in [0.15, 0.2) is 0 Å². The first-order valence-corrected chi connectivity index (χ1v) is 7.72. The lowest BCUT2D eigenvalue weighted by molar-refractivity contribution is 0.272. The smallest absolute Gasteiger partial charge is 0.120 e. The van der Waals surface area contributed by atoms with Crippen LogP contribution in [0.15, 0.2) is 42.7 Å². The lowest BCUT2D eigenvalue weighted by Gasteiger charge is -2.18. The van der Waals surface area contributed by atoms with Crippen molar-refractivity contribution in [3.8, 4) is 11.3 Å². The van der Waals surface area contributed by atoms with Crippen molar-refractivity contribution in [2.24, 2.45) is 0 Å². The van der Waals surface area contributed by atoms with Gasteiger partial charge in [-0.2, -0.15) is 5.10 Å². The highest BCUT2D eigenvalue weighted by molar-refractivity contribution is 5.64. The molecule has 1 aliphatic rings. The van der Waals surface area contributed by atoms with Gasteiger partial charge in [0.1, 0.15) is 5.82 Å². The van der Waals surface area contributed by atoms with Crippen LogP contribution in [-0.2, 0) is 19.4 Å². The number of rotatable bonds is 3. The van der Waals surface area contributed by atoms with Crippen LogP contribution in [0.2, 0.25) is 0 Å². The minimum Gasteiger partial charge on any atom is -0.348 e. The fraction of sp³-hybridized carbons (Fsp3) is 0.294. The third-order valence-electron chi connectivity index (χ3n) is 4.28. The van der Waals surface area contributed by atoms with Gasteiger partial charge in [0, 0.05) is 48.7 Å². The molecular formula is C17H19N5. The van der Waals surface area contributed by atoms with Crippen molar-refractivity contribution in [3.63, 3.8) is 0 Å². The summed E-state index contributed by atoms with van der Waals surface area (Å²) in [5, 5.41) is 7.79. The van der Waals surface area contributed by atoms with Crippen LogP contribution in [0.3, 0.4) is 0 Å². The standard InChI is InChI=1S/C17H19N5/c1-2-4-13(5-3-1)17-14-6-10-22(11-7-15(14)20-21-17)12-16-18-8-9-19-16/h1-5,8-9H,6-7,10-12H2,(H,18,19)(H,20,21). The molecule has 0 spiro atoms. The zero-order valence-corrected chi connectivity index (χ0v) is 12.4. The maximum Gasteiger partial charge on any atom is 0.120 e. The first-order chi connectivity index (χ1) is 10.9. The topological polar surface area (TPSA) is 60.6 Å². The summed E-state index contributed by atoms with van der Waals surface area (Å²) in [5.74, 6) is 1.03. The first kappa shape index (κ1) is 13.3. The van der Waals surface area contributed by atoms with Gasteiger partial charge in [-0.1, -0.05) is 30.3 Å². The molecular weight excluding hydrogens is 274 g/mol. The number of aromatic amines is 2. The number of aromatic nitrogens is 4. The van der Waals surface area contributed by atoms with Gasteiger partial charge in [-0.05, 0) is 6.42 Å². The van der Waals surface area contributed by atoms with Gasteiger partial charge in [0.25, 0.3) is 0 Å². The number of H-pyrrole nitrogens is 2. The summed E-state index contributed by atoms with van der Waals surface area (Å²) in [7, 11) is 0. The Balaban J connectivity index is 1.54. The number of nitrogens with one attached hydrogen (secondary N) is 2. The molecule has 3 heterocycles. The van der Waals surface area contributed by atoms with E-state index in [9.17, 15) is 0 Å². The van der Waals surface area contributed by atoms with Crippen molar-refractivity contribution in [2.45, 2.75) is 19.4 Å². The fourth-order valence-electron chi connectivity index (χ4n) is 3.12. The Kier molecular flexibility index (Phi) is 3.48. The Bertz CT molecular complexity index is 730. The van der Waals surface area contributed by atoms with E-state index in [2.05, 4.69) is 49.3 Å². The molecule has 2 aromatic heterocycles. The average Bonchev–Trinajstić information content (AvgIpc) is 3.16. The molecule has 0 bridgehead atoms. The van der Waals surface area contributed by atoms with Gasteiger partial charge >= 0.3 is 0 Å². The number of nitrogens with zero attached hydrogens (tertiary/aromatic N) is 3. The molecule has 0 unspecified atom stereocenters. The lowest BCUT2D eigenvalue weighted by atomic mass is 10.0. The maximum atomic E-state index is 4.55. The van der Waals surface area contributed by atoms with Crippen molar-refractivity contribution >= 4 is 0 Å². The quantitative estimate of drug-likeness (QED) is 0.779. The zero-order valence-electron chi connectivity index (χ0n) is 12.4. The molecule has 0 amide bonds. The van der Waals surface area contributed by atoms with E-state index in [1.54, 1.807) is 0 Å². The number of fused-ring (bicyclic) bond motifs is 1. The Labute approximate surface area is 129 Å². The molecule has 2 N–H and O–H groups in total. The second kappa shape index (κ2) is 5.77. The molecule has 22 heavy (non-hydrogen) atoms. The molecule has 0 radical (unpaired) electrons. The molecule has 5 heteroatoms. The SMILES string of the molecule is c1ccc(-c2n[nH]c3c2CCN(Cc2ncc[nH]2)CC3)cc1. The second-order valence-electron chi connectivity index (χ2n) is 5.71. The molecule has 5 nitrogen and oxygen atoms in total. The van der Waals surface area contributed by atoms with E-state index in [1.807, 2.05) is 18.5 Å². The first-order valence-electron chi connectivity index (χ1n) is 7.72. The van der Waals surface area contributed by atoms with Crippen LogP contribution in [0.1, 0.15) is 17.1 Å². The third kappa shape index (κ3) is 2.55. The van der Waals surface area contributed by atoms with Gasteiger partial charge in [0.05, 0.1) is 12.2 Å². The number of imidazole rings is 1. The van der Waals surface area contributed by atoms with Crippen LogP contribution < -0.4 is 0 Å². The third-order valence-corrected chi connectivity index (χ3v) is 4.28. The lowest BCUT2D eigenvalue weighted by Crippen LogP contribution is -2.26. The summed E-state index contributed by atoms with van der Waals surface area (Å²) in [6, 6.07) is 10.4. The Morgan fingerprint density at radius 1 is 1.09 bits per heavy atom. The van der Waals surface area contributed by atoms with E-state index in [1.165, 1.54) is 16.8 Å². The highest BCUT2D eigenvalue weighted by Gasteiger charge is 2.20. The summed E-state index contributed by atoms with van der Waals surface area (Å²) in [4.78, 5) is 9.96. The minimum atomic E-state index is 0.880. The Morgan fingerprint density at radius 2 is 1.95 bits per heavy atom. The normalized spacial score (nSPS) is 15.5. The molecule has 112 valence electrons. The van der Waals surface area contributed by atoms with Crippen molar-refractivity contribution in [1.29, 1.82) is 0 Å². The molecule has 3 aromatic rings. The largest absolute Gasteiger partial charge is 0.348 e. The van der Waals surface area contributed by atoms with Crippen LogP contribution in [0.5, 0.6) is 0 Å². The molecule has 1 aliphatic heterocycles. The van der Waals surface area contributed by atoms with Crippen LogP contribution in [0, 0.1) is 0 Å². The fourth-order valence-corrected chi connectivity index (χ4v) is 3.12. The Hall–Kier alpha value is -2.40. The van der Waals surface area contributed by atoms with Gasteiger partial charge in [-0.3, -0.25) is 10.00 Å². The zero-order chi connectivity index (χ0) is 14.8. The number of hydrogen-bond acceptors (Lipinski definition) is 3. The van der Waals surface area contributed by atoms with Crippen LogP contribution >= 0.6 is 0 Å². The second-order valence-corrected chi connectivity index (χ2v) is 5.71. The molecule has 0 aliphatic carbocycles. The summed E-state index contributed by atoms with van der Waals surface area (Å²) >= 11 is 0. The number of hydrogen-bond donors (Lipinski definition) is 2. The molecule has 0 atom stereocenters. The van der Waals surface area contributed by atoms with E-state index in [-0.39, 0.29) is 0 Å².